The average Bonchev–Trinajstić information content (AvgIpc) is 2.53. The van der Waals surface area contributed by atoms with Crippen molar-refractivity contribution in [3.8, 4) is 0 Å². The summed E-state index contributed by atoms with van der Waals surface area (Å²) in [5, 5.41) is 3.10. The van der Waals surface area contributed by atoms with E-state index in [0.29, 0.717) is 0 Å². The summed E-state index contributed by atoms with van der Waals surface area (Å²) in [6.45, 7) is 3.96. The molecule has 0 saturated carbocycles. The summed E-state index contributed by atoms with van der Waals surface area (Å²) in [4.78, 5) is 16.6. The Balaban J connectivity index is 2.28. The Bertz CT molecular complexity index is 500. The average molecular weight is 268 g/mol. The van der Waals surface area contributed by atoms with Crippen LogP contribution in [0, 0.1) is 5.92 Å². The number of hydrogen-bond acceptors (Lipinski definition) is 2. The number of amides is 1. The first-order valence-corrected chi connectivity index (χ1v) is 6.98. The molecule has 1 aromatic carbocycles. The summed E-state index contributed by atoms with van der Waals surface area (Å²) in [6.07, 6.45) is 2.58. The molecule has 1 N–H and O–H groups in total. The smallest absolute Gasteiger partial charge is 0.223 e. The van der Waals surface area contributed by atoms with Crippen molar-refractivity contribution in [3.63, 3.8) is 0 Å². The highest BCUT2D eigenvalue weighted by Crippen LogP contribution is 2.20. The number of carbonyl (C=O) groups excluding carboxylic acids is 1. The van der Waals surface area contributed by atoms with Gasteiger partial charge in [0.15, 0.2) is 0 Å². The summed E-state index contributed by atoms with van der Waals surface area (Å²) >= 11 is 0. The zero-order valence-corrected chi connectivity index (χ0v) is 11.9. The molecule has 20 heavy (non-hydrogen) atoms. The minimum Gasteiger partial charge on any atom is -0.343 e. The Labute approximate surface area is 120 Å². The third-order valence-electron chi connectivity index (χ3n) is 3.46. The topological polar surface area (TPSA) is 42.0 Å². The minimum absolute atomic E-state index is 0.00456. The molecule has 2 aromatic rings. The van der Waals surface area contributed by atoms with Crippen molar-refractivity contribution in [2.24, 2.45) is 5.92 Å². The van der Waals surface area contributed by atoms with Crippen LogP contribution in [0.25, 0.3) is 0 Å². The predicted molar refractivity (Wildman–Crippen MR) is 80.1 cm³/mol. The summed E-state index contributed by atoms with van der Waals surface area (Å²) in [5.41, 5.74) is 1.90. The van der Waals surface area contributed by atoms with Gasteiger partial charge in [-0.25, -0.2) is 0 Å². The van der Waals surface area contributed by atoms with E-state index < -0.39 is 0 Å². The molecular formula is C17H20N2O. The van der Waals surface area contributed by atoms with E-state index in [4.69, 9.17) is 0 Å². The molecule has 0 bridgehead atoms. The Morgan fingerprint density at radius 3 is 2.45 bits per heavy atom. The van der Waals surface area contributed by atoms with E-state index in [9.17, 15) is 4.79 Å². The van der Waals surface area contributed by atoms with Crippen molar-refractivity contribution >= 4 is 5.91 Å². The monoisotopic (exact) mass is 268 g/mol. The zero-order valence-electron chi connectivity index (χ0n) is 11.9. The summed E-state index contributed by atoms with van der Waals surface area (Å²) in [5.74, 6) is 0.0666. The van der Waals surface area contributed by atoms with Crippen molar-refractivity contribution in [2.75, 3.05) is 0 Å². The predicted octanol–water partition coefficient (Wildman–Crippen LogP) is 3.33. The highest BCUT2D eigenvalue weighted by Gasteiger charge is 2.20. The van der Waals surface area contributed by atoms with Crippen molar-refractivity contribution in [3.05, 3.63) is 66.0 Å². The van der Waals surface area contributed by atoms with Crippen LogP contribution in [0.4, 0.5) is 0 Å². The number of aromatic nitrogens is 1. The first kappa shape index (κ1) is 14.3. The van der Waals surface area contributed by atoms with Crippen molar-refractivity contribution in [1.82, 2.24) is 10.3 Å². The number of pyridine rings is 1. The maximum atomic E-state index is 12.2. The largest absolute Gasteiger partial charge is 0.343 e. The van der Waals surface area contributed by atoms with Crippen LogP contribution in [-0.4, -0.2) is 10.9 Å². The molecule has 2 atom stereocenters. The Hall–Kier alpha value is -2.16. The summed E-state index contributed by atoms with van der Waals surface area (Å²) in [6, 6.07) is 15.5. The van der Waals surface area contributed by atoms with Crippen LogP contribution in [0.15, 0.2) is 54.7 Å². The van der Waals surface area contributed by atoms with Gasteiger partial charge in [-0.3, -0.25) is 9.78 Å². The zero-order chi connectivity index (χ0) is 14.4. The molecule has 0 saturated heterocycles. The van der Waals surface area contributed by atoms with Gasteiger partial charge in [-0.2, -0.15) is 0 Å². The second-order valence-corrected chi connectivity index (χ2v) is 4.92. The molecule has 0 radical (unpaired) electrons. The number of carbonyl (C=O) groups is 1. The lowest BCUT2D eigenvalue weighted by Gasteiger charge is -2.20. The molecule has 2 rings (SSSR count). The lowest BCUT2D eigenvalue weighted by atomic mass is 10.0. The lowest BCUT2D eigenvalue weighted by Crippen LogP contribution is -2.33. The fourth-order valence-corrected chi connectivity index (χ4v) is 1.99. The molecule has 0 aliphatic rings. The Kier molecular flexibility index (Phi) is 4.88. The third-order valence-corrected chi connectivity index (χ3v) is 3.46. The quantitative estimate of drug-likeness (QED) is 0.903. The lowest BCUT2D eigenvalue weighted by molar-refractivity contribution is -0.125. The third kappa shape index (κ3) is 3.44. The first-order chi connectivity index (χ1) is 9.72. The highest BCUT2D eigenvalue weighted by atomic mass is 16.1. The fourth-order valence-electron chi connectivity index (χ4n) is 1.99. The molecule has 1 amide bonds. The number of hydrogen-bond donors (Lipinski definition) is 1. The summed E-state index contributed by atoms with van der Waals surface area (Å²) in [7, 11) is 0. The van der Waals surface area contributed by atoms with Gasteiger partial charge < -0.3 is 5.32 Å². The van der Waals surface area contributed by atoms with E-state index >= 15 is 0 Å². The Morgan fingerprint density at radius 2 is 1.85 bits per heavy atom. The van der Waals surface area contributed by atoms with Gasteiger partial charge >= 0.3 is 0 Å². The second kappa shape index (κ2) is 6.85. The van der Waals surface area contributed by atoms with Gasteiger partial charge in [0.1, 0.15) is 0 Å². The SMILES string of the molecule is CCC(C)C(=O)NC(c1ccccc1)c1ccccn1. The van der Waals surface area contributed by atoms with Gasteiger partial charge in [0, 0.05) is 12.1 Å². The number of benzene rings is 1. The van der Waals surface area contributed by atoms with E-state index in [2.05, 4.69) is 10.3 Å². The van der Waals surface area contributed by atoms with E-state index in [-0.39, 0.29) is 17.9 Å². The number of rotatable bonds is 5. The van der Waals surface area contributed by atoms with E-state index in [1.54, 1.807) is 6.20 Å². The number of nitrogens with zero attached hydrogens (tertiary/aromatic N) is 1. The molecule has 2 unspecified atom stereocenters. The second-order valence-electron chi connectivity index (χ2n) is 4.92. The molecule has 0 aliphatic carbocycles. The molecule has 104 valence electrons. The van der Waals surface area contributed by atoms with E-state index in [0.717, 1.165) is 17.7 Å². The van der Waals surface area contributed by atoms with Crippen LogP contribution in [0.3, 0.4) is 0 Å². The van der Waals surface area contributed by atoms with Gasteiger partial charge in [-0.15, -0.1) is 0 Å². The molecule has 0 fully saturated rings. The Morgan fingerprint density at radius 1 is 1.15 bits per heavy atom. The number of nitrogens with one attached hydrogen (secondary N) is 1. The van der Waals surface area contributed by atoms with Crippen LogP contribution in [0.1, 0.15) is 37.6 Å². The first-order valence-electron chi connectivity index (χ1n) is 6.98. The fraction of sp³-hybridized carbons (Fsp3) is 0.294. The molecule has 3 heteroatoms. The van der Waals surface area contributed by atoms with Crippen molar-refractivity contribution in [1.29, 1.82) is 0 Å². The maximum Gasteiger partial charge on any atom is 0.223 e. The van der Waals surface area contributed by atoms with Gasteiger partial charge in [0.05, 0.1) is 11.7 Å². The molecule has 0 aliphatic heterocycles. The molecule has 1 aromatic heterocycles. The maximum absolute atomic E-state index is 12.2. The normalized spacial score (nSPS) is 13.5. The van der Waals surface area contributed by atoms with Gasteiger partial charge in [0.2, 0.25) is 5.91 Å². The molecule has 1 heterocycles. The minimum atomic E-state index is -0.195. The van der Waals surface area contributed by atoms with Crippen LogP contribution in [-0.2, 0) is 4.79 Å². The molecule has 3 nitrogen and oxygen atoms in total. The van der Waals surface area contributed by atoms with Crippen molar-refractivity contribution < 1.29 is 4.79 Å². The standard InChI is InChI=1S/C17H20N2O/c1-3-13(2)17(20)19-16(14-9-5-4-6-10-14)15-11-7-8-12-18-15/h4-13,16H,3H2,1-2H3,(H,19,20). The van der Waals surface area contributed by atoms with Crippen LogP contribution < -0.4 is 5.32 Å². The highest BCUT2D eigenvalue weighted by molar-refractivity contribution is 5.79. The van der Waals surface area contributed by atoms with Crippen LogP contribution >= 0.6 is 0 Å². The van der Waals surface area contributed by atoms with Crippen LogP contribution in [0.2, 0.25) is 0 Å². The van der Waals surface area contributed by atoms with Gasteiger partial charge in [-0.1, -0.05) is 50.2 Å². The van der Waals surface area contributed by atoms with Crippen molar-refractivity contribution in [2.45, 2.75) is 26.3 Å². The van der Waals surface area contributed by atoms with Gasteiger partial charge in [-0.05, 0) is 24.1 Å². The molecule has 0 spiro atoms. The van der Waals surface area contributed by atoms with E-state index in [1.165, 1.54) is 0 Å². The van der Waals surface area contributed by atoms with Crippen LogP contribution in [0.5, 0.6) is 0 Å². The summed E-state index contributed by atoms with van der Waals surface area (Å²) < 4.78 is 0. The molecular weight excluding hydrogens is 248 g/mol. The van der Waals surface area contributed by atoms with Gasteiger partial charge in [0.25, 0.3) is 0 Å². The van der Waals surface area contributed by atoms with E-state index in [1.807, 2.05) is 62.4 Å².